The van der Waals surface area contributed by atoms with Crippen molar-refractivity contribution in [2.45, 2.75) is 26.4 Å². The van der Waals surface area contributed by atoms with E-state index in [1.165, 1.54) is 0 Å². The molecule has 10 heteroatoms. The van der Waals surface area contributed by atoms with Gasteiger partial charge in [-0.25, -0.2) is 0 Å². The Kier molecular flexibility index (Phi) is 9.15. The van der Waals surface area contributed by atoms with Crippen molar-refractivity contribution in [1.82, 2.24) is 29.9 Å². The van der Waals surface area contributed by atoms with Gasteiger partial charge in [0, 0.05) is 44.8 Å². The summed E-state index contributed by atoms with van der Waals surface area (Å²) in [6.45, 7) is 6.27. The standard InChI is InChI=1S/C19H26ClN7O.HI/c1-3-25-14-23-24-17(25)13-22-19(21-2)27-9-7-26(8-10-27)18(28)12-15-5-4-6-16(20)11-15;/h4-6,11,14H,3,7-10,12-13H2,1-2H3,(H,21,22);1H. The van der Waals surface area contributed by atoms with Crippen molar-refractivity contribution in [2.24, 2.45) is 4.99 Å². The minimum atomic E-state index is 0. The van der Waals surface area contributed by atoms with E-state index in [1.54, 1.807) is 13.4 Å². The summed E-state index contributed by atoms with van der Waals surface area (Å²) < 4.78 is 1.99. The number of aliphatic imine (C=N–C) groups is 1. The molecule has 2 aromatic rings. The van der Waals surface area contributed by atoms with Crippen LogP contribution < -0.4 is 5.32 Å². The zero-order chi connectivity index (χ0) is 19.9. The molecule has 2 heterocycles. The summed E-state index contributed by atoms with van der Waals surface area (Å²) in [6, 6.07) is 7.46. The van der Waals surface area contributed by atoms with Crippen LogP contribution in [0, 0.1) is 0 Å². The normalized spacial score (nSPS) is 14.5. The van der Waals surface area contributed by atoms with Gasteiger partial charge >= 0.3 is 0 Å². The first-order valence-electron chi connectivity index (χ1n) is 9.45. The average Bonchev–Trinajstić information content (AvgIpc) is 3.16. The van der Waals surface area contributed by atoms with Gasteiger partial charge in [-0.3, -0.25) is 9.79 Å². The van der Waals surface area contributed by atoms with E-state index in [4.69, 9.17) is 11.6 Å². The van der Waals surface area contributed by atoms with Crippen molar-refractivity contribution in [3.63, 3.8) is 0 Å². The van der Waals surface area contributed by atoms with Gasteiger partial charge in [-0.1, -0.05) is 23.7 Å². The molecule has 158 valence electrons. The van der Waals surface area contributed by atoms with Crippen molar-refractivity contribution in [3.05, 3.63) is 47.0 Å². The lowest BCUT2D eigenvalue weighted by molar-refractivity contribution is -0.131. The second-order valence-corrected chi connectivity index (χ2v) is 7.04. The van der Waals surface area contributed by atoms with Crippen molar-refractivity contribution >= 4 is 47.4 Å². The number of hydrogen-bond acceptors (Lipinski definition) is 4. The predicted molar refractivity (Wildman–Crippen MR) is 125 cm³/mol. The Labute approximate surface area is 193 Å². The largest absolute Gasteiger partial charge is 0.349 e. The summed E-state index contributed by atoms with van der Waals surface area (Å²) in [5.74, 6) is 1.81. The van der Waals surface area contributed by atoms with Crippen LogP contribution in [0.1, 0.15) is 18.3 Å². The first-order chi connectivity index (χ1) is 13.6. The van der Waals surface area contributed by atoms with Crippen LogP contribution in [0.25, 0.3) is 0 Å². The third-order valence-electron chi connectivity index (χ3n) is 4.83. The molecule has 1 aromatic heterocycles. The zero-order valence-electron chi connectivity index (χ0n) is 16.7. The Morgan fingerprint density at radius 2 is 1.97 bits per heavy atom. The molecule has 3 rings (SSSR count). The van der Waals surface area contributed by atoms with E-state index in [-0.39, 0.29) is 29.9 Å². The van der Waals surface area contributed by atoms with Gasteiger partial charge in [-0.05, 0) is 24.6 Å². The van der Waals surface area contributed by atoms with Crippen molar-refractivity contribution in [2.75, 3.05) is 33.2 Å². The van der Waals surface area contributed by atoms with Gasteiger partial charge in [0.05, 0.1) is 13.0 Å². The second-order valence-electron chi connectivity index (χ2n) is 6.61. The highest BCUT2D eigenvalue weighted by molar-refractivity contribution is 14.0. The molecular formula is C19H27ClIN7O. The molecule has 0 saturated carbocycles. The maximum Gasteiger partial charge on any atom is 0.227 e. The van der Waals surface area contributed by atoms with Crippen LogP contribution in [0.3, 0.4) is 0 Å². The third-order valence-corrected chi connectivity index (χ3v) is 5.06. The topological polar surface area (TPSA) is 78.7 Å². The van der Waals surface area contributed by atoms with Crippen LogP contribution in [0.4, 0.5) is 0 Å². The highest BCUT2D eigenvalue weighted by Crippen LogP contribution is 2.13. The molecule has 1 N–H and O–H groups in total. The fourth-order valence-electron chi connectivity index (χ4n) is 3.27. The van der Waals surface area contributed by atoms with E-state index in [2.05, 4.69) is 32.3 Å². The SMILES string of the molecule is CCn1cnnc1CNC(=NC)N1CCN(C(=O)Cc2cccc(Cl)c2)CC1.I. The number of aromatic nitrogens is 3. The summed E-state index contributed by atoms with van der Waals surface area (Å²) >= 11 is 6.01. The van der Waals surface area contributed by atoms with Gasteiger partial charge in [0.1, 0.15) is 6.33 Å². The number of benzene rings is 1. The second kappa shape index (κ2) is 11.3. The summed E-state index contributed by atoms with van der Waals surface area (Å²) in [6.07, 6.45) is 2.10. The number of piperazine rings is 1. The van der Waals surface area contributed by atoms with Gasteiger partial charge in [0.15, 0.2) is 11.8 Å². The number of rotatable bonds is 5. The monoisotopic (exact) mass is 531 g/mol. The number of aryl methyl sites for hydroxylation is 1. The molecule has 8 nitrogen and oxygen atoms in total. The Bertz CT molecular complexity index is 833. The minimum absolute atomic E-state index is 0. The van der Waals surface area contributed by atoms with Gasteiger partial charge in [-0.15, -0.1) is 34.2 Å². The predicted octanol–water partition coefficient (Wildman–Crippen LogP) is 2.03. The summed E-state index contributed by atoms with van der Waals surface area (Å²) in [5, 5.41) is 12.1. The molecular weight excluding hydrogens is 505 g/mol. The van der Waals surface area contributed by atoms with Gasteiger partial charge in [-0.2, -0.15) is 0 Å². The summed E-state index contributed by atoms with van der Waals surface area (Å²) in [7, 11) is 1.77. The summed E-state index contributed by atoms with van der Waals surface area (Å²) in [5.41, 5.74) is 0.942. The lowest BCUT2D eigenvalue weighted by Crippen LogP contribution is -2.54. The van der Waals surface area contributed by atoms with Crippen LogP contribution in [0.15, 0.2) is 35.6 Å². The van der Waals surface area contributed by atoms with Crippen LogP contribution in [0.2, 0.25) is 5.02 Å². The fraction of sp³-hybridized carbons (Fsp3) is 0.474. The van der Waals surface area contributed by atoms with E-state index in [9.17, 15) is 4.79 Å². The average molecular weight is 532 g/mol. The van der Waals surface area contributed by atoms with Gasteiger partial charge in [0.25, 0.3) is 0 Å². The molecule has 1 aliphatic rings. The van der Waals surface area contributed by atoms with E-state index in [1.807, 2.05) is 33.7 Å². The molecule has 0 radical (unpaired) electrons. The maximum atomic E-state index is 12.6. The molecule has 0 aliphatic carbocycles. The lowest BCUT2D eigenvalue weighted by Gasteiger charge is -2.36. The van der Waals surface area contributed by atoms with E-state index < -0.39 is 0 Å². The number of halogens is 2. The Hall–Kier alpha value is -1.88. The van der Waals surface area contributed by atoms with Crippen LogP contribution in [0.5, 0.6) is 0 Å². The first kappa shape index (κ1) is 23.4. The van der Waals surface area contributed by atoms with E-state index in [0.717, 1.165) is 37.0 Å². The number of carbonyl (C=O) groups is 1. The van der Waals surface area contributed by atoms with Crippen LogP contribution in [-0.4, -0.2) is 69.7 Å². The lowest BCUT2D eigenvalue weighted by atomic mass is 10.1. The summed E-state index contributed by atoms with van der Waals surface area (Å²) in [4.78, 5) is 21.0. The minimum Gasteiger partial charge on any atom is -0.349 e. The molecule has 1 aliphatic heterocycles. The molecule has 1 aromatic carbocycles. The Morgan fingerprint density at radius 3 is 2.62 bits per heavy atom. The Morgan fingerprint density at radius 1 is 1.24 bits per heavy atom. The molecule has 1 fully saturated rings. The number of guanidine groups is 1. The van der Waals surface area contributed by atoms with Crippen LogP contribution in [-0.2, 0) is 24.3 Å². The molecule has 0 bridgehead atoms. The third kappa shape index (κ3) is 6.30. The molecule has 0 unspecified atom stereocenters. The van der Waals surface area contributed by atoms with Crippen molar-refractivity contribution < 1.29 is 4.79 Å². The first-order valence-corrected chi connectivity index (χ1v) is 9.83. The molecule has 0 spiro atoms. The van der Waals surface area contributed by atoms with Crippen molar-refractivity contribution in [3.8, 4) is 0 Å². The van der Waals surface area contributed by atoms with Crippen molar-refractivity contribution in [1.29, 1.82) is 0 Å². The maximum absolute atomic E-state index is 12.6. The Balaban J connectivity index is 0.00000300. The smallest absolute Gasteiger partial charge is 0.227 e. The highest BCUT2D eigenvalue weighted by atomic mass is 127. The molecule has 29 heavy (non-hydrogen) atoms. The zero-order valence-corrected chi connectivity index (χ0v) is 19.8. The number of nitrogens with one attached hydrogen (secondary N) is 1. The number of amides is 1. The number of nitrogens with zero attached hydrogens (tertiary/aromatic N) is 6. The van der Waals surface area contributed by atoms with E-state index in [0.29, 0.717) is 31.1 Å². The number of carbonyl (C=O) groups excluding carboxylic acids is 1. The molecule has 1 amide bonds. The molecule has 1 saturated heterocycles. The van der Waals surface area contributed by atoms with Crippen LogP contribution >= 0.6 is 35.6 Å². The molecule has 0 atom stereocenters. The number of hydrogen-bond donors (Lipinski definition) is 1. The van der Waals surface area contributed by atoms with Gasteiger partial charge < -0.3 is 19.7 Å². The fourth-order valence-corrected chi connectivity index (χ4v) is 3.48. The van der Waals surface area contributed by atoms with Gasteiger partial charge in [0.2, 0.25) is 5.91 Å². The highest BCUT2D eigenvalue weighted by Gasteiger charge is 2.23. The van der Waals surface area contributed by atoms with E-state index >= 15 is 0 Å². The quantitative estimate of drug-likeness (QED) is 0.363.